The number of hydrogen-bond donors (Lipinski definition) is 0. The lowest BCUT2D eigenvalue weighted by atomic mass is 10.1. The minimum absolute atomic E-state index is 0.217. The van der Waals surface area contributed by atoms with Gasteiger partial charge in [0.15, 0.2) is 11.5 Å². The van der Waals surface area contributed by atoms with Crippen molar-refractivity contribution in [2.45, 2.75) is 17.4 Å². The zero-order valence-electron chi connectivity index (χ0n) is 15.4. The molecule has 2 aromatic rings. The molecule has 0 aliphatic carbocycles. The van der Waals surface area contributed by atoms with E-state index >= 15 is 0 Å². The molecule has 0 saturated carbocycles. The van der Waals surface area contributed by atoms with Crippen LogP contribution in [0.1, 0.15) is 18.0 Å². The average molecular weight is 388 g/mol. The number of piperazine rings is 1. The van der Waals surface area contributed by atoms with Crippen molar-refractivity contribution in [3.05, 3.63) is 54.1 Å². The Hall–Kier alpha value is -2.09. The first-order chi connectivity index (χ1) is 13.1. The molecule has 1 fully saturated rings. The van der Waals surface area contributed by atoms with E-state index in [1.54, 1.807) is 22.5 Å². The summed E-state index contributed by atoms with van der Waals surface area (Å²) in [6.45, 7) is 2.92. The van der Waals surface area contributed by atoms with Crippen LogP contribution in [0.15, 0.2) is 53.4 Å². The lowest BCUT2D eigenvalue weighted by Gasteiger charge is -2.39. The highest BCUT2D eigenvalue weighted by molar-refractivity contribution is 7.89. The van der Waals surface area contributed by atoms with E-state index < -0.39 is 10.0 Å². The van der Waals surface area contributed by atoms with E-state index in [1.807, 2.05) is 37.4 Å². The quantitative estimate of drug-likeness (QED) is 0.809. The third-order valence-corrected chi connectivity index (χ3v) is 6.95. The van der Waals surface area contributed by atoms with E-state index in [9.17, 15) is 8.42 Å². The largest absolute Gasteiger partial charge is 0.490 e. The van der Waals surface area contributed by atoms with E-state index in [-0.39, 0.29) is 10.9 Å². The summed E-state index contributed by atoms with van der Waals surface area (Å²) >= 11 is 0. The maximum atomic E-state index is 13.5. The highest BCUT2D eigenvalue weighted by Gasteiger charge is 2.36. The number of ether oxygens (including phenoxy) is 2. The molecule has 0 aromatic heterocycles. The molecule has 2 aliphatic rings. The number of hydrogen-bond acceptors (Lipinski definition) is 5. The summed E-state index contributed by atoms with van der Waals surface area (Å²) in [6.07, 6.45) is 0.783. The summed E-state index contributed by atoms with van der Waals surface area (Å²) in [5, 5.41) is 0. The predicted octanol–water partition coefficient (Wildman–Crippen LogP) is 2.53. The second kappa shape index (κ2) is 7.50. The van der Waals surface area contributed by atoms with Crippen molar-refractivity contribution >= 4 is 10.0 Å². The fourth-order valence-electron chi connectivity index (χ4n) is 3.58. The second-order valence-corrected chi connectivity index (χ2v) is 8.85. The van der Waals surface area contributed by atoms with Crippen LogP contribution in [0.4, 0.5) is 0 Å². The minimum atomic E-state index is -3.66. The second-order valence-electron chi connectivity index (χ2n) is 6.96. The lowest BCUT2D eigenvalue weighted by Crippen LogP contribution is -2.49. The topological polar surface area (TPSA) is 59.1 Å². The van der Waals surface area contributed by atoms with E-state index in [2.05, 4.69) is 4.90 Å². The van der Waals surface area contributed by atoms with Gasteiger partial charge < -0.3 is 14.4 Å². The molecule has 4 rings (SSSR count). The number of fused-ring (bicyclic) bond motifs is 1. The third kappa shape index (κ3) is 3.67. The van der Waals surface area contributed by atoms with E-state index in [0.717, 1.165) is 12.0 Å². The van der Waals surface area contributed by atoms with Crippen LogP contribution in [0.25, 0.3) is 0 Å². The third-order valence-electron chi connectivity index (χ3n) is 5.04. The van der Waals surface area contributed by atoms with Crippen molar-refractivity contribution < 1.29 is 17.9 Å². The smallest absolute Gasteiger partial charge is 0.243 e. The van der Waals surface area contributed by atoms with Gasteiger partial charge in [-0.3, -0.25) is 0 Å². The SMILES string of the molecule is CN1CCN(S(=O)(=O)c2ccc3c(c2)OCCCO3)C(c2ccccc2)C1. The van der Waals surface area contributed by atoms with E-state index in [4.69, 9.17) is 9.47 Å². The van der Waals surface area contributed by atoms with E-state index in [1.165, 1.54) is 0 Å². The Bertz CT molecular complexity index is 901. The maximum absolute atomic E-state index is 13.5. The van der Waals surface area contributed by atoms with Crippen LogP contribution in [0, 0.1) is 0 Å². The average Bonchev–Trinajstić information content (AvgIpc) is 2.93. The van der Waals surface area contributed by atoms with Crippen molar-refractivity contribution in [2.24, 2.45) is 0 Å². The lowest BCUT2D eigenvalue weighted by molar-refractivity contribution is 0.160. The molecule has 144 valence electrons. The standard InChI is InChI=1S/C20H24N2O4S/c1-21-10-11-22(18(15-21)16-6-3-2-4-7-16)27(23,24)17-8-9-19-20(14-17)26-13-5-12-25-19/h2-4,6-9,14,18H,5,10-13,15H2,1H3. The molecular weight excluding hydrogens is 364 g/mol. The van der Waals surface area contributed by atoms with Crippen LogP contribution in [-0.2, 0) is 10.0 Å². The van der Waals surface area contributed by atoms with Crippen LogP contribution in [0.2, 0.25) is 0 Å². The zero-order chi connectivity index (χ0) is 18.9. The Balaban J connectivity index is 1.70. The van der Waals surface area contributed by atoms with Crippen LogP contribution in [0.5, 0.6) is 11.5 Å². The number of likely N-dealkylation sites (N-methyl/N-ethyl adjacent to an activating group) is 1. The number of rotatable bonds is 3. The molecule has 27 heavy (non-hydrogen) atoms. The molecule has 2 aromatic carbocycles. The molecule has 7 heteroatoms. The number of benzene rings is 2. The van der Waals surface area contributed by atoms with Gasteiger partial charge in [-0.25, -0.2) is 8.42 Å². The number of nitrogens with zero attached hydrogens (tertiary/aromatic N) is 2. The predicted molar refractivity (Wildman–Crippen MR) is 103 cm³/mol. The van der Waals surface area contributed by atoms with Crippen molar-refractivity contribution in [1.82, 2.24) is 9.21 Å². The molecule has 1 atom stereocenters. The van der Waals surface area contributed by atoms with Crippen LogP contribution >= 0.6 is 0 Å². The first-order valence-electron chi connectivity index (χ1n) is 9.21. The van der Waals surface area contributed by atoms with E-state index in [0.29, 0.717) is 44.3 Å². The van der Waals surface area contributed by atoms with Crippen molar-refractivity contribution in [3.8, 4) is 11.5 Å². The summed E-state index contributed by atoms with van der Waals surface area (Å²) in [6, 6.07) is 14.5. The molecule has 0 spiro atoms. The highest BCUT2D eigenvalue weighted by Crippen LogP contribution is 2.36. The van der Waals surface area contributed by atoms with Gasteiger partial charge in [-0.05, 0) is 24.7 Å². The van der Waals surface area contributed by atoms with Gasteiger partial charge in [-0.15, -0.1) is 0 Å². The summed E-state index contributed by atoms with van der Waals surface area (Å²) < 4.78 is 39.8. The number of sulfonamides is 1. The molecular formula is C20H24N2O4S. The van der Waals surface area contributed by atoms with Gasteiger partial charge in [0.25, 0.3) is 0 Å². The van der Waals surface area contributed by atoms with Gasteiger partial charge in [0, 0.05) is 32.1 Å². The Morgan fingerprint density at radius 3 is 2.48 bits per heavy atom. The van der Waals surface area contributed by atoms with Gasteiger partial charge in [0.05, 0.1) is 24.2 Å². The molecule has 2 heterocycles. The summed E-state index contributed by atoms with van der Waals surface area (Å²) in [5.41, 5.74) is 1.00. The van der Waals surface area contributed by atoms with Gasteiger partial charge in [-0.1, -0.05) is 30.3 Å². The summed E-state index contributed by atoms with van der Waals surface area (Å²) in [7, 11) is -1.64. The van der Waals surface area contributed by atoms with Gasteiger partial charge in [0.2, 0.25) is 10.0 Å². The fraction of sp³-hybridized carbons (Fsp3) is 0.400. The first-order valence-corrected chi connectivity index (χ1v) is 10.6. The Kier molecular flexibility index (Phi) is 5.08. The molecule has 0 N–H and O–H groups in total. The zero-order valence-corrected chi connectivity index (χ0v) is 16.2. The van der Waals surface area contributed by atoms with Crippen molar-refractivity contribution in [2.75, 3.05) is 39.9 Å². The first kappa shape index (κ1) is 18.3. The highest BCUT2D eigenvalue weighted by atomic mass is 32.2. The summed E-state index contributed by atoms with van der Waals surface area (Å²) in [4.78, 5) is 2.41. The monoisotopic (exact) mass is 388 g/mol. The Labute approximate surface area is 160 Å². The van der Waals surface area contributed by atoms with Crippen molar-refractivity contribution in [3.63, 3.8) is 0 Å². The molecule has 1 saturated heterocycles. The molecule has 0 amide bonds. The maximum Gasteiger partial charge on any atom is 0.243 e. The molecule has 0 bridgehead atoms. The fourth-order valence-corrected chi connectivity index (χ4v) is 5.19. The molecule has 0 radical (unpaired) electrons. The minimum Gasteiger partial charge on any atom is -0.490 e. The Morgan fingerprint density at radius 2 is 1.70 bits per heavy atom. The van der Waals surface area contributed by atoms with Gasteiger partial charge in [0.1, 0.15) is 0 Å². The van der Waals surface area contributed by atoms with Crippen LogP contribution in [0.3, 0.4) is 0 Å². The normalized spacial score (nSPS) is 21.6. The molecule has 2 aliphatic heterocycles. The Morgan fingerprint density at radius 1 is 0.963 bits per heavy atom. The van der Waals surface area contributed by atoms with Gasteiger partial charge in [-0.2, -0.15) is 4.31 Å². The van der Waals surface area contributed by atoms with Crippen LogP contribution < -0.4 is 9.47 Å². The van der Waals surface area contributed by atoms with Crippen LogP contribution in [-0.4, -0.2) is 57.5 Å². The van der Waals surface area contributed by atoms with Crippen molar-refractivity contribution in [1.29, 1.82) is 0 Å². The van der Waals surface area contributed by atoms with Gasteiger partial charge >= 0.3 is 0 Å². The molecule has 1 unspecified atom stereocenters. The summed E-state index contributed by atoms with van der Waals surface area (Å²) in [5.74, 6) is 1.10. The molecule has 6 nitrogen and oxygen atoms in total.